The summed E-state index contributed by atoms with van der Waals surface area (Å²) in [5.41, 5.74) is 0. The third kappa shape index (κ3) is 21.9. The molecule has 0 bridgehead atoms. The van der Waals surface area contributed by atoms with Gasteiger partial charge >= 0.3 is 17.9 Å². The zero-order chi connectivity index (χ0) is 51.8. The second-order valence-electron chi connectivity index (χ2n) is 19.4. The van der Waals surface area contributed by atoms with Crippen molar-refractivity contribution in [2.24, 2.45) is 5.92 Å². The molecule has 3 heterocycles. The van der Waals surface area contributed by atoms with Crippen LogP contribution in [0.25, 0.3) is 0 Å². The van der Waals surface area contributed by atoms with Crippen molar-refractivity contribution in [2.45, 2.75) is 254 Å². The Morgan fingerprint density at radius 3 is 1.77 bits per heavy atom. The monoisotopic (exact) mass is 1010 g/mol. The fraction of sp³-hybridized carbons (Fsp3) is 0.898. The van der Waals surface area contributed by atoms with Crippen molar-refractivity contribution in [3.8, 4) is 0 Å². The fourth-order valence-electron chi connectivity index (χ4n) is 8.56. The van der Waals surface area contributed by atoms with Crippen LogP contribution >= 0.6 is 0 Å². The smallest absolute Gasteiger partial charge is 0.332 e. The van der Waals surface area contributed by atoms with Crippen molar-refractivity contribution in [1.29, 1.82) is 0 Å². The summed E-state index contributed by atoms with van der Waals surface area (Å²) in [7, 11) is 0. The lowest BCUT2D eigenvalue weighted by Crippen LogP contribution is -2.65. The van der Waals surface area contributed by atoms with Gasteiger partial charge in [-0.3, -0.25) is 9.59 Å². The topological polar surface area (TPSA) is 327 Å². The van der Waals surface area contributed by atoms with E-state index in [-0.39, 0.29) is 25.4 Å². The van der Waals surface area contributed by atoms with Gasteiger partial charge in [-0.2, -0.15) is 0 Å². The molecule has 0 saturated carbocycles. The van der Waals surface area contributed by atoms with Crippen LogP contribution in [0.4, 0.5) is 0 Å². The number of ether oxygens (including phenoxy) is 8. The zero-order valence-electron chi connectivity index (χ0n) is 41.6. The van der Waals surface area contributed by atoms with Gasteiger partial charge in [-0.15, -0.1) is 0 Å². The molecule has 3 aliphatic heterocycles. The number of esters is 2. The Morgan fingerprint density at radius 1 is 0.643 bits per heavy atom. The van der Waals surface area contributed by atoms with Crippen LogP contribution in [0.3, 0.4) is 0 Å². The summed E-state index contributed by atoms with van der Waals surface area (Å²) in [5.74, 6) is -2.67. The van der Waals surface area contributed by atoms with Gasteiger partial charge in [0.15, 0.2) is 31.1 Å². The van der Waals surface area contributed by atoms with Crippen LogP contribution in [0.2, 0.25) is 0 Å². The molecule has 0 aromatic heterocycles. The van der Waals surface area contributed by atoms with Gasteiger partial charge in [0, 0.05) is 19.8 Å². The molecule has 17 atom stereocenters. The first-order valence-corrected chi connectivity index (χ1v) is 25.5. The Kier molecular flexibility index (Phi) is 29.5. The van der Waals surface area contributed by atoms with E-state index in [0.29, 0.717) is 32.1 Å². The molecule has 3 saturated heterocycles. The lowest BCUT2D eigenvalue weighted by atomic mass is 9.98. The van der Waals surface area contributed by atoms with E-state index in [1.165, 1.54) is 0 Å². The maximum Gasteiger partial charge on any atom is 0.332 e. The van der Waals surface area contributed by atoms with Gasteiger partial charge in [0.2, 0.25) is 0 Å². The number of aliphatic hydroxyl groups excluding tert-OH is 9. The molecule has 10 N–H and O–H groups in total. The van der Waals surface area contributed by atoms with Crippen LogP contribution in [0, 0.1) is 5.92 Å². The minimum Gasteiger partial charge on any atom is -0.479 e. The second-order valence-corrected chi connectivity index (χ2v) is 19.4. The zero-order valence-corrected chi connectivity index (χ0v) is 41.6. The highest BCUT2D eigenvalue weighted by Crippen LogP contribution is 2.33. The van der Waals surface area contributed by atoms with Crippen molar-refractivity contribution < 1.29 is 103 Å². The SMILES string of the molecule is CCCC[C@@H](CCC[C@H](O)C(O)CCCCCCCCCCC/C=C/CC(O)C(=O)O)OC1OC[C@H](O)[C@@H](O)[C@@H]1O[C@H]1OC[C@H](O)C(O)[C@@H]1OC1O[C@@H](COC(=O)CC(C)C)[C@H](OC(C)=O)C(O)[C@@H]1O. The van der Waals surface area contributed by atoms with E-state index in [4.69, 9.17) is 43.0 Å². The molecule has 3 rings (SSSR count). The third-order valence-electron chi connectivity index (χ3n) is 12.7. The Labute approximate surface area is 412 Å². The average molecular weight is 1010 g/mol. The standard InChI is InChI=1S/C49H86O21/c1-5-6-20-31(21-19-24-33(52)32(51)22-17-15-13-11-9-7-8-10-12-14-16-18-23-34(53)46(61)62)67-48-44(39(57)35(54)26-64-48)70-49-45(40(58)36(55)27-65-49)69-47-42(60)41(59)43(66-30(4)50)37(68-47)28-63-38(56)25-29(2)3/h16,18,29,31-37,39-45,47-49,51-55,57-60H,5-15,17,19-28H2,1-4H3,(H,61,62)/b18-16+/t31-,32?,33-,34?,35-,36-,37-,39+,40?,41?,42-,43-,44-,45-,47?,48?,49+/m0/s1. The highest BCUT2D eigenvalue weighted by atomic mass is 16.8. The van der Waals surface area contributed by atoms with E-state index >= 15 is 0 Å². The van der Waals surface area contributed by atoms with Gasteiger partial charge in [-0.25, -0.2) is 4.79 Å². The number of unbranched alkanes of at least 4 members (excludes halogenated alkanes) is 10. The van der Waals surface area contributed by atoms with Gasteiger partial charge in [0.25, 0.3) is 0 Å². The van der Waals surface area contributed by atoms with Crippen molar-refractivity contribution in [2.75, 3.05) is 19.8 Å². The number of allylic oxidation sites excluding steroid dienone is 1. The molecule has 3 aliphatic rings. The van der Waals surface area contributed by atoms with Crippen molar-refractivity contribution in [1.82, 2.24) is 0 Å². The van der Waals surface area contributed by atoms with Gasteiger partial charge in [0.1, 0.15) is 61.5 Å². The van der Waals surface area contributed by atoms with Crippen molar-refractivity contribution >= 4 is 17.9 Å². The summed E-state index contributed by atoms with van der Waals surface area (Å²) in [5, 5.41) is 105. The summed E-state index contributed by atoms with van der Waals surface area (Å²) < 4.78 is 46.5. The van der Waals surface area contributed by atoms with Crippen LogP contribution < -0.4 is 0 Å². The number of aliphatic hydroxyl groups is 9. The molecular weight excluding hydrogens is 925 g/mol. The minimum absolute atomic E-state index is 0.0412. The molecule has 0 radical (unpaired) electrons. The molecule has 6 unspecified atom stereocenters. The fourth-order valence-corrected chi connectivity index (χ4v) is 8.56. The molecule has 0 aliphatic carbocycles. The molecule has 0 spiro atoms. The lowest BCUT2D eigenvalue weighted by Gasteiger charge is -2.46. The predicted molar refractivity (Wildman–Crippen MR) is 248 cm³/mol. The van der Waals surface area contributed by atoms with E-state index in [1.54, 1.807) is 19.9 Å². The first kappa shape index (κ1) is 61.8. The van der Waals surface area contributed by atoms with Crippen LogP contribution in [0.1, 0.15) is 150 Å². The molecule has 0 aromatic carbocycles. The summed E-state index contributed by atoms with van der Waals surface area (Å²) in [6, 6.07) is 0. The number of carboxylic acids is 1. The molecule has 408 valence electrons. The van der Waals surface area contributed by atoms with E-state index in [9.17, 15) is 60.3 Å². The summed E-state index contributed by atoms with van der Waals surface area (Å²) in [6.07, 6.45) is -6.55. The number of rotatable bonds is 34. The van der Waals surface area contributed by atoms with Gasteiger partial charge < -0.3 is 89.0 Å². The maximum absolute atomic E-state index is 12.4. The first-order chi connectivity index (χ1) is 33.3. The van der Waals surface area contributed by atoms with E-state index in [2.05, 4.69) is 0 Å². The Hall–Kier alpha value is -2.45. The largest absolute Gasteiger partial charge is 0.479 e. The van der Waals surface area contributed by atoms with Crippen LogP contribution in [-0.4, -0.2) is 193 Å². The average Bonchev–Trinajstić information content (AvgIpc) is 3.31. The van der Waals surface area contributed by atoms with Crippen molar-refractivity contribution in [3.63, 3.8) is 0 Å². The second kappa shape index (κ2) is 33.4. The van der Waals surface area contributed by atoms with Gasteiger partial charge in [-0.05, 0) is 50.9 Å². The molecule has 21 heteroatoms. The number of aliphatic carboxylic acids is 1. The number of carboxylic acid groups (broad SMARTS) is 1. The number of carbonyl (C=O) groups is 3. The number of hydrogen-bond acceptors (Lipinski definition) is 20. The molecule has 0 amide bonds. The predicted octanol–water partition coefficient (Wildman–Crippen LogP) is 2.03. The highest BCUT2D eigenvalue weighted by molar-refractivity contribution is 5.72. The van der Waals surface area contributed by atoms with Crippen LogP contribution in [-0.2, 0) is 52.3 Å². The molecular formula is C49H86O21. The Morgan fingerprint density at radius 2 is 1.19 bits per heavy atom. The summed E-state index contributed by atoms with van der Waals surface area (Å²) >= 11 is 0. The highest BCUT2D eigenvalue weighted by Gasteiger charge is 2.52. The Balaban J connectivity index is 1.53. The third-order valence-corrected chi connectivity index (χ3v) is 12.7. The normalized spacial score (nSPS) is 31.3. The summed E-state index contributed by atoms with van der Waals surface area (Å²) in [4.78, 5) is 35.0. The quantitative estimate of drug-likeness (QED) is 0.0250. The molecule has 0 aromatic rings. The Bertz CT molecular complexity index is 1490. The number of carbonyl (C=O) groups excluding carboxylic acids is 2. The molecule has 70 heavy (non-hydrogen) atoms. The van der Waals surface area contributed by atoms with Crippen LogP contribution in [0.15, 0.2) is 12.2 Å². The van der Waals surface area contributed by atoms with E-state index < -0.39 is 135 Å². The maximum atomic E-state index is 12.4. The van der Waals surface area contributed by atoms with Gasteiger partial charge in [0.05, 0.1) is 31.5 Å². The number of hydrogen-bond donors (Lipinski definition) is 10. The minimum atomic E-state index is -1.92. The first-order valence-electron chi connectivity index (χ1n) is 25.5. The lowest BCUT2D eigenvalue weighted by molar-refractivity contribution is -0.380. The van der Waals surface area contributed by atoms with Crippen molar-refractivity contribution in [3.05, 3.63) is 12.2 Å². The molecule has 21 nitrogen and oxygen atoms in total. The molecule has 3 fully saturated rings. The van der Waals surface area contributed by atoms with Gasteiger partial charge in [-0.1, -0.05) is 97.1 Å². The van der Waals surface area contributed by atoms with E-state index in [0.717, 1.165) is 84.0 Å². The van der Waals surface area contributed by atoms with Crippen LogP contribution in [0.5, 0.6) is 0 Å². The summed E-state index contributed by atoms with van der Waals surface area (Å²) in [6.45, 7) is 5.40. The van der Waals surface area contributed by atoms with E-state index in [1.807, 2.05) is 13.0 Å².